The van der Waals surface area contributed by atoms with Crippen LogP contribution in [-0.4, -0.2) is 18.0 Å². The van der Waals surface area contributed by atoms with Crippen molar-refractivity contribution in [1.82, 2.24) is 5.32 Å². The van der Waals surface area contributed by atoms with Crippen LogP contribution in [-0.2, 0) is 4.79 Å². The maximum atomic E-state index is 12.2. The Balaban J connectivity index is 1.87. The second-order valence-corrected chi connectivity index (χ2v) is 6.34. The molecule has 1 unspecified atom stereocenters. The smallest absolute Gasteiger partial charge is 0.223 e. The summed E-state index contributed by atoms with van der Waals surface area (Å²) in [5.74, 6) is 1.88. The third-order valence-electron chi connectivity index (χ3n) is 4.70. The summed E-state index contributed by atoms with van der Waals surface area (Å²) in [6, 6.07) is 0. The molecule has 17 heavy (non-hydrogen) atoms. The van der Waals surface area contributed by atoms with Crippen molar-refractivity contribution in [1.29, 1.82) is 0 Å². The first-order valence-electron chi connectivity index (χ1n) is 7.07. The standard InChI is InChI=1S/C14H26N2O/c1-10-3-5-11(6-4-10)13(17)16-14(2,9-15)12-7-8-12/h10-12H,3-9,15H2,1-2H3,(H,16,17). The van der Waals surface area contributed by atoms with Gasteiger partial charge >= 0.3 is 0 Å². The van der Waals surface area contributed by atoms with Crippen molar-refractivity contribution in [3.8, 4) is 0 Å². The van der Waals surface area contributed by atoms with Crippen molar-refractivity contribution < 1.29 is 4.79 Å². The zero-order valence-electron chi connectivity index (χ0n) is 11.2. The zero-order chi connectivity index (χ0) is 12.5. The van der Waals surface area contributed by atoms with E-state index >= 15 is 0 Å². The molecule has 0 spiro atoms. The Morgan fingerprint density at radius 2 is 1.82 bits per heavy atom. The lowest BCUT2D eigenvalue weighted by Gasteiger charge is -2.33. The van der Waals surface area contributed by atoms with E-state index in [1.54, 1.807) is 0 Å². The van der Waals surface area contributed by atoms with Crippen LogP contribution in [0.25, 0.3) is 0 Å². The minimum Gasteiger partial charge on any atom is -0.349 e. The fourth-order valence-corrected chi connectivity index (χ4v) is 2.95. The maximum absolute atomic E-state index is 12.2. The van der Waals surface area contributed by atoms with Crippen molar-refractivity contribution in [2.24, 2.45) is 23.5 Å². The molecule has 98 valence electrons. The Morgan fingerprint density at radius 1 is 1.24 bits per heavy atom. The van der Waals surface area contributed by atoms with Crippen molar-refractivity contribution in [2.75, 3.05) is 6.54 Å². The molecule has 0 saturated heterocycles. The number of amides is 1. The van der Waals surface area contributed by atoms with E-state index in [4.69, 9.17) is 5.73 Å². The zero-order valence-corrected chi connectivity index (χ0v) is 11.2. The van der Waals surface area contributed by atoms with Crippen LogP contribution < -0.4 is 11.1 Å². The highest BCUT2D eigenvalue weighted by Crippen LogP contribution is 2.39. The second-order valence-electron chi connectivity index (χ2n) is 6.34. The van der Waals surface area contributed by atoms with E-state index in [2.05, 4.69) is 19.2 Å². The second kappa shape index (κ2) is 4.97. The average Bonchev–Trinajstić information content (AvgIpc) is 3.13. The topological polar surface area (TPSA) is 55.1 Å². The first kappa shape index (κ1) is 12.9. The van der Waals surface area contributed by atoms with Gasteiger partial charge in [-0.1, -0.05) is 6.92 Å². The summed E-state index contributed by atoms with van der Waals surface area (Å²) >= 11 is 0. The van der Waals surface area contributed by atoms with Crippen LogP contribution in [0, 0.1) is 17.8 Å². The lowest BCUT2D eigenvalue weighted by atomic mass is 9.82. The Kier molecular flexibility index (Phi) is 3.76. The van der Waals surface area contributed by atoms with Crippen molar-refractivity contribution in [3.05, 3.63) is 0 Å². The van der Waals surface area contributed by atoms with Crippen molar-refractivity contribution >= 4 is 5.91 Å². The molecule has 0 aromatic carbocycles. The highest BCUT2D eigenvalue weighted by molar-refractivity contribution is 5.79. The molecule has 2 aliphatic carbocycles. The summed E-state index contributed by atoms with van der Waals surface area (Å²) in [7, 11) is 0. The van der Waals surface area contributed by atoms with E-state index in [-0.39, 0.29) is 17.4 Å². The minimum absolute atomic E-state index is 0.153. The van der Waals surface area contributed by atoms with Crippen molar-refractivity contribution in [3.63, 3.8) is 0 Å². The summed E-state index contributed by atoms with van der Waals surface area (Å²) in [5.41, 5.74) is 5.68. The third kappa shape index (κ3) is 3.01. The van der Waals surface area contributed by atoms with Gasteiger partial charge in [0, 0.05) is 12.5 Å². The SMILES string of the molecule is CC1CCC(C(=O)NC(C)(CN)C2CC2)CC1. The highest BCUT2D eigenvalue weighted by Gasteiger charge is 2.42. The third-order valence-corrected chi connectivity index (χ3v) is 4.70. The van der Waals surface area contributed by atoms with Gasteiger partial charge in [-0.2, -0.15) is 0 Å². The fourth-order valence-electron chi connectivity index (χ4n) is 2.95. The van der Waals surface area contributed by atoms with Gasteiger partial charge in [0.15, 0.2) is 0 Å². The largest absolute Gasteiger partial charge is 0.349 e. The van der Waals surface area contributed by atoms with Gasteiger partial charge in [-0.15, -0.1) is 0 Å². The lowest BCUT2D eigenvalue weighted by molar-refractivity contribution is -0.128. The number of nitrogens with two attached hydrogens (primary N) is 1. The fraction of sp³-hybridized carbons (Fsp3) is 0.929. The van der Waals surface area contributed by atoms with Crippen molar-refractivity contribution in [2.45, 2.75) is 57.9 Å². The number of nitrogens with one attached hydrogen (secondary N) is 1. The normalized spacial score (nSPS) is 32.9. The monoisotopic (exact) mass is 238 g/mol. The molecule has 2 rings (SSSR count). The minimum atomic E-state index is -0.153. The van der Waals surface area contributed by atoms with E-state index in [0.717, 1.165) is 18.8 Å². The van der Waals surface area contributed by atoms with Gasteiger partial charge in [0.2, 0.25) is 5.91 Å². The quantitative estimate of drug-likeness (QED) is 0.787. The maximum Gasteiger partial charge on any atom is 0.223 e. The number of hydrogen-bond acceptors (Lipinski definition) is 2. The molecule has 1 atom stereocenters. The number of carbonyl (C=O) groups excluding carboxylic acids is 1. The average molecular weight is 238 g/mol. The molecule has 0 aromatic heterocycles. The van der Waals surface area contributed by atoms with Gasteiger partial charge in [-0.05, 0) is 57.3 Å². The predicted molar refractivity (Wildman–Crippen MR) is 69.4 cm³/mol. The predicted octanol–water partition coefficient (Wildman–Crippen LogP) is 2.06. The van der Waals surface area contributed by atoms with Crippen LogP contribution in [0.1, 0.15) is 52.4 Å². The lowest BCUT2D eigenvalue weighted by Crippen LogP contribution is -2.54. The summed E-state index contributed by atoms with van der Waals surface area (Å²) < 4.78 is 0. The molecule has 2 fully saturated rings. The molecule has 1 amide bonds. The van der Waals surface area contributed by atoms with E-state index in [1.165, 1.54) is 25.7 Å². The van der Waals surface area contributed by atoms with Gasteiger partial charge in [0.25, 0.3) is 0 Å². The molecule has 0 heterocycles. The van der Waals surface area contributed by atoms with Crippen LogP contribution in [0.2, 0.25) is 0 Å². The number of hydrogen-bond donors (Lipinski definition) is 2. The van der Waals surface area contributed by atoms with E-state index in [1.807, 2.05) is 0 Å². The number of rotatable bonds is 4. The first-order chi connectivity index (χ1) is 8.05. The molecule has 0 radical (unpaired) electrons. The van der Waals surface area contributed by atoms with E-state index in [9.17, 15) is 4.79 Å². The van der Waals surface area contributed by atoms with Gasteiger partial charge in [-0.3, -0.25) is 4.79 Å². The molecular weight excluding hydrogens is 212 g/mol. The molecule has 3 heteroatoms. The van der Waals surface area contributed by atoms with Gasteiger partial charge < -0.3 is 11.1 Å². The Morgan fingerprint density at radius 3 is 2.29 bits per heavy atom. The molecule has 2 saturated carbocycles. The van der Waals surface area contributed by atoms with E-state index in [0.29, 0.717) is 12.5 Å². The van der Waals surface area contributed by atoms with Crippen LogP contribution >= 0.6 is 0 Å². The summed E-state index contributed by atoms with van der Waals surface area (Å²) in [5, 5.41) is 3.23. The van der Waals surface area contributed by atoms with Gasteiger partial charge in [0.1, 0.15) is 0 Å². The molecule has 0 aromatic rings. The van der Waals surface area contributed by atoms with Crippen LogP contribution in [0.15, 0.2) is 0 Å². The first-order valence-corrected chi connectivity index (χ1v) is 7.07. The van der Waals surface area contributed by atoms with Crippen LogP contribution in [0.3, 0.4) is 0 Å². The number of carbonyl (C=O) groups is 1. The molecule has 0 bridgehead atoms. The molecule has 2 aliphatic rings. The summed E-state index contributed by atoms with van der Waals surface area (Å²) in [6.07, 6.45) is 6.93. The van der Waals surface area contributed by atoms with Crippen LogP contribution in [0.5, 0.6) is 0 Å². The van der Waals surface area contributed by atoms with Gasteiger partial charge in [-0.25, -0.2) is 0 Å². The Labute approximate surface area is 105 Å². The molecular formula is C14H26N2O. The van der Waals surface area contributed by atoms with Crippen LogP contribution in [0.4, 0.5) is 0 Å². The molecule has 3 nitrogen and oxygen atoms in total. The molecule has 0 aliphatic heterocycles. The summed E-state index contributed by atoms with van der Waals surface area (Å²) in [6.45, 7) is 4.95. The highest BCUT2D eigenvalue weighted by atomic mass is 16.2. The Bertz CT molecular complexity index is 280. The van der Waals surface area contributed by atoms with E-state index < -0.39 is 0 Å². The summed E-state index contributed by atoms with van der Waals surface area (Å²) in [4.78, 5) is 12.2. The Hall–Kier alpha value is -0.570. The van der Waals surface area contributed by atoms with Gasteiger partial charge in [0.05, 0.1) is 5.54 Å². The molecule has 3 N–H and O–H groups in total.